The van der Waals surface area contributed by atoms with Crippen molar-refractivity contribution in [2.75, 3.05) is 5.75 Å². The summed E-state index contributed by atoms with van der Waals surface area (Å²) in [5, 5.41) is 7.67. The van der Waals surface area contributed by atoms with Crippen LogP contribution in [0.15, 0.2) is 27.9 Å². The third-order valence-corrected chi connectivity index (χ3v) is 4.07. The topological polar surface area (TPSA) is 80.9 Å². The highest BCUT2D eigenvalue weighted by atomic mass is 32.2. The summed E-state index contributed by atoms with van der Waals surface area (Å²) in [5.74, 6) is 1.50. The Balaban J connectivity index is 1.71. The van der Waals surface area contributed by atoms with E-state index in [2.05, 4.69) is 20.4 Å². The van der Waals surface area contributed by atoms with Crippen molar-refractivity contribution >= 4 is 17.7 Å². The SMILES string of the molecule is CCc1nc(-c2cccnc2SCC(=O)NC2CC2)no1. The summed E-state index contributed by atoms with van der Waals surface area (Å²) in [5.41, 5.74) is 0.796. The minimum atomic E-state index is 0.0430. The number of nitrogens with zero attached hydrogens (tertiary/aromatic N) is 3. The number of rotatable bonds is 6. The molecule has 6 nitrogen and oxygen atoms in total. The number of thioether (sulfide) groups is 1. The minimum Gasteiger partial charge on any atom is -0.353 e. The molecule has 21 heavy (non-hydrogen) atoms. The fourth-order valence-corrected chi connectivity index (χ4v) is 2.62. The Bertz CT molecular complexity index is 639. The maximum absolute atomic E-state index is 11.8. The summed E-state index contributed by atoms with van der Waals surface area (Å²) >= 11 is 1.39. The van der Waals surface area contributed by atoms with Crippen LogP contribution in [0.4, 0.5) is 0 Å². The Morgan fingerprint density at radius 1 is 1.52 bits per heavy atom. The van der Waals surface area contributed by atoms with Crippen molar-refractivity contribution in [1.82, 2.24) is 20.4 Å². The zero-order chi connectivity index (χ0) is 14.7. The molecule has 2 heterocycles. The van der Waals surface area contributed by atoms with Gasteiger partial charge in [-0.05, 0) is 25.0 Å². The van der Waals surface area contributed by atoms with E-state index < -0.39 is 0 Å². The van der Waals surface area contributed by atoms with Crippen molar-refractivity contribution in [3.05, 3.63) is 24.2 Å². The molecule has 1 N–H and O–H groups in total. The molecule has 0 aliphatic heterocycles. The molecule has 2 aromatic rings. The fourth-order valence-electron chi connectivity index (χ4n) is 1.81. The van der Waals surface area contributed by atoms with Crippen LogP contribution in [0, 0.1) is 0 Å². The highest BCUT2D eigenvalue weighted by Gasteiger charge is 2.23. The molecule has 110 valence electrons. The molecule has 1 amide bonds. The van der Waals surface area contributed by atoms with Gasteiger partial charge in [0.25, 0.3) is 0 Å². The Morgan fingerprint density at radius 3 is 3.10 bits per heavy atom. The molecule has 2 aromatic heterocycles. The number of amides is 1. The highest BCUT2D eigenvalue weighted by molar-refractivity contribution is 8.00. The van der Waals surface area contributed by atoms with E-state index in [1.54, 1.807) is 6.20 Å². The molecule has 0 bridgehead atoms. The first kappa shape index (κ1) is 14.1. The number of pyridine rings is 1. The first-order valence-electron chi connectivity index (χ1n) is 6.96. The van der Waals surface area contributed by atoms with Gasteiger partial charge in [-0.3, -0.25) is 4.79 Å². The normalized spacial score (nSPS) is 14.1. The van der Waals surface area contributed by atoms with Crippen LogP contribution < -0.4 is 5.32 Å². The van der Waals surface area contributed by atoms with Gasteiger partial charge in [0.1, 0.15) is 5.03 Å². The van der Waals surface area contributed by atoms with Crippen molar-refractivity contribution < 1.29 is 9.32 Å². The van der Waals surface area contributed by atoms with Gasteiger partial charge in [0.05, 0.1) is 11.3 Å². The summed E-state index contributed by atoms with van der Waals surface area (Å²) in [6.45, 7) is 1.96. The number of aryl methyl sites for hydroxylation is 1. The molecule has 0 aromatic carbocycles. The molecule has 0 saturated heterocycles. The number of hydrogen-bond donors (Lipinski definition) is 1. The Morgan fingerprint density at radius 2 is 2.38 bits per heavy atom. The highest BCUT2D eigenvalue weighted by Crippen LogP contribution is 2.28. The van der Waals surface area contributed by atoms with E-state index in [4.69, 9.17) is 4.52 Å². The second kappa shape index (κ2) is 6.26. The first-order chi connectivity index (χ1) is 10.3. The molecular weight excluding hydrogens is 288 g/mol. The third-order valence-electron chi connectivity index (χ3n) is 3.07. The smallest absolute Gasteiger partial charge is 0.230 e. The lowest BCUT2D eigenvalue weighted by Gasteiger charge is -2.05. The van der Waals surface area contributed by atoms with Gasteiger partial charge in [-0.15, -0.1) is 0 Å². The summed E-state index contributed by atoms with van der Waals surface area (Å²) in [4.78, 5) is 20.4. The molecule has 1 saturated carbocycles. The lowest BCUT2D eigenvalue weighted by Crippen LogP contribution is -2.27. The van der Waals surface area contributed by atoms with Crippen LogP contribution >= 0.6 is 11.8 Å². The molecule has 0 radical (unpaired) electrons. The molecule has 0 atom stereocenters. The Labute approximate surface area is 126 Å². The van der Waals surface area contributed by atoms with Crippen LogP contribution in [0.5, 0.6) is 0 Å². The lowest BCUT2D eigenvalue weighted by atomic mass is 10.3. The zero-order valence-corrected chi connectivity index (χ0v) is 12.5. The van der Waals surface area contributed by atoms with Gasteiger partial charge in [-0.2, -0.15) is 4.98 Å². The van der Waals surface area contributed by atoms with E-state index in [9.17, 15) is 4.79 Å². The minimum absolute atomic E-state index is 0.0430. The van der Waals surface area contributed by atoms with Gasteiger partial charge in [0.2, 0.25) is 17.6 Å². The second-order valence-corrected chi connectivity index (χ2v) is 5.82. The fraction of sp³-hybridized carbons (Fsp3) is 0.429. The summed E-state index contributed by atoms with van der Waals surface area (Å²) < 4.78 is 5.13. The van der Waals surface area contributed by atoms with Crippen LogP contribution in [0.2, 0.25) is 0 Å². The zero-order valence-electron chi connectivity index (χ0n) is 11.7. The second-order valence-electron chi connectivity index (χ2n) is 4.85. The average molecular weight is 304 g/mol. The monoisotopic (exact) mass is 304 g/mol. The Kier molecular flexibility index (Phi) is 4.19. The largest absolute Gasteiger partial charge is 0.353 e. The van der Waals surface area contributed by atoms with Crippen LogP contribution in [0.3, 0.4) is 0 Å². The van der Waals surface area contributed by atoms with Crippen molar-refractivity contribution in [3.8, 4) is 11.4 Å². The predicted octanol–water partition coefficient (Wildman–Crippen LogP) is 2.06. The van der Waals surface area contributed by atoms with Gasteiger partial charge in [0, 0.05) is 18.7 Å². The number of carbonyl (C=O) groups is 1. The van der Waals surface area contributed by atoms with E-state index in [0.717, 1.165) is 23.4 Å². The van der Waals surface area contributed by atoms with Crippen LogP contribution in [0.1, 0.15) is 25.7 Å². The Hall–Kier alpha value is -1.89. The number of carbonyl (C=O) groups excluding carboxylic acids is 1. The average Bonchev–Trinajstić information content (AvgIpc) is 3.18. The maximum Gasteiger partial charge on any atom is 0.230 e. The molecular formula is C14H16N4O2S. The van der Waals surface area contributed by atoms with Crippen molar-refractivity contribution in [1.29, 1.82) is 0 Å². The number of hydrogen-bond acceptors (Lipinski definition) is 6. The molecule has 7 heteroatoms. The number of aromatic nitrogens is 3. The molecule has 1 aliphatic carbocycles. The van der Waals surface area contributed by atoms with Gasteiger partial charge in [-0.1, -0.05) is 23.8 Å². The maximum atomic E-state index is 11.8. The number of nitrogens with one attached hydrogen (secondary N) is 1. The summed E-state index contributed by atoms with van der Waals surface area (Å²) in [6, 6.07) is 4.09. The standard InChI is InChI=1S/C14H16N4O2S/c1-2-12-17-13(18-20-12)10-4-3-7-15-14(10)21-8-11(19)16-9-5-6-9/h3-4,7,9H,2,5-6,8H2,1H3,(H,16,19). The van der Waals surface area contributed by atoms with Gasteiger partial charge in [0.15, 0.2) is 0 Å². The molecule has 1 aliphatic rings. The van der Waals surface area contributed by atoms with E-state index in [1.165, 1.54) is 11.8 Å². The lowest BCUT2D eigenvalue weighted by molar-refractivity contribution is -0.118. The van der Waals surface area contributed by atoms with Crippen LogP contribution in [0.25, 0.3) is 11.4 Å². The quantitative estimate of drug-likeness (QED) is 0.823. The van der Waals surface area contributed by atoms with Gasteiger partial charge in [-0.25, -0.2) is 4.98 Å². The van der Waals surface area contributed by atoms with E-state index in [-0.39, 0.29) is 5.91 Å². The van der Waals surface area contributed by atoms with Crippen molar-refractivity contribution in [3.63, 3.8) is 0 Å². The van der Waals surface area contributed by atoms with Crippen LogP contribution in [-0.2, 0) is 11.2 Å². The van der Waals surface area contributed by atoms with E-state index >= 15 is 0 Å². The summed E-state index contributed by atoms with van der Waals surface area (Å²) in [6.07, 6.45) is 4.58. The molecule has 0 unspecified atom stereocenters. The third kappa shape index (κ3) is 3.60. The molecule has 1 fully saturated rings. The van der Waals surface area contributed by atoms with Crippen LogP contribution in [-0.4, -0.2) is 32.8 Å². The molecule has 0 spiro atoms. The first-order valence-corrected chi connectivity index (χ1v) is 7.95. The van der Waals surface area contributed by atoms with Gasteiger partial charge < -0.3 is 9.84 Å². The summed E-state index contributed by atoms with van der Waals surface area (Å²) in [7, 11) is 0. The predicted molar refractivity (Wildman–Crippen MR) is 78.8 cm³/mol. The van der Waals surface area contributed by atoms with Gasteiger partial charge >= 0.3 is 0 Å². The van der Waals surface area contributed by atoms with E-state index in [1.807, 2.05) is 19.1 Å². The van der Waals surface area contributed by atoms with Crippen molar-refractivity contribution in [2.24, 2.45) is 0 Å². The van der Waals surface area contributed by atoms with Crippen molar-refractivity contribution in [2.45, 2.75) is 37.3 Å². The molecule has 3 rings (SSSR count). The van der Waals surface area contributed by atoms with E-state index in [0.29, 0.717) is 29.9 Å².